The largest absolute Gasteiger partial charge is 0.322 e. The molecule has 0 atom stereocenters. The highest BCUT2D eigenvalue weighted by atomic mass is 19.1. The number of benzene rings is 2. The number of anilines is 2. The third-order valence-corrected chi connectivity index (χ3v) is 3.97. The average Bonchev–Trinajstić information content (AvgIpc) is 2.68. The summed E-state index contributed by atoms with van der Waals surface area (Å²) in [6.45, 7) is 2.06. The summed E-state index contributed by atoms with van der Waals surface area (Å²) in [5.41, 5.74) is 2.61. The fourth-order valence-electron chi connectivity index (χ4n) is 2.48. The van der Waals surface area contributed by atoms with Crippen LogP contribution in [0.1, 0.15) is 33.2 Å². The van der Waals surface area contributed by atoms with Gasteiger partial charge in [-0.25, -0.2) is 4.39 Å². The second-order valence-corrected chi connectivity index (χ2v) is 5.93. The van der Waals surface area contributed by atoms with Gasteiger partial charge in [-0.15, -0.1) is 0 Å². The SMILES string of the molecule is CCc1ccc(NC(=O)c2cncc(C(=O)Nc3cccc(F)c3)c2)cc1. The lowest BCUT2D eigenvalue weighted by molar-refractivity contribution is 0.102. The highest BCUT2D eigenvalue weighted by molar-refractivity contribution is 6.08. The smallest absolute Gasteiger partial charge is 0.257 e. The van der Waals surface area contributed by atoms with Gasteiger partial charge in [0, 0.05) is 23.8 Å². The summed E-state index contributed by atoms with van der Waals surface area (Å²) < 4.78 is 13.2. The first kappa shape index (κ1) is 18.3. The van der Waals surface area contributed by atoms with Crippen molar-refractivity contribution in [2.24, 2.45) is 0 Å². The highest BCUT2D eigenvalue weighted by Gasteiger charge is 2.12. The molecule has 2 aromatic carbocycles. The standard InChI is InChI=1S/C21H18FN3O2/c1-2-14-6-8-18(9-7-14)24-20(26)15-10-16(13-23-12-15)21(27)25-19-5-3-4-17(22)11-19/h3-13H,2H2,1H3,(H,24,26)(H,25,27). The van der Waals surface area contributed by atoms with E-state index in [-0.39, 0.29) is 17.0 Å². The number of hydrogen-bond donors (Lipinski definition) is 2. The lowest BCUT2D eigenvalue weighted by Gasteiger charge is -2.08. The summed E-state index contributed by atoms with van der Waals surface area (Å²) in [7, 11) is 0. The molecule has 0 aliphatic carbocycles. The summed E-state index contributed by atoms with van der Waals surface area (Å²) in [5, 5.41) is 5.35. The van der Waals surface area contributed by atoms with E-state index in [1.54, 1.807) is 6.07 Å². The second-order valence-electron chi connectivity index (χ2n) is 5.93. The normalized spacial score (nSPS) is 10.3. The van der Waals surface area contributed by atoms with Crippen LogP contribution in [0.4, 0.5) is 15.8 Å². The van der Waals surface area contributed by atoms with Crippen LogP contribution in [0, 0.1) is 5.82 Å². The molecule has 136 valence electrons. The third-order valence-electron chi connectivity index (χ3n) is 3.97. The Balaban J connectivity index is 1.71. The van der Waals surface area contributed by atoms with Gasteiger partial charge >= 0.3 is 0 Å². The van der Waals surface area contributed by atoms with E-state index >= 15 is 0 Å². The zero-order chi connectivity index (χ0) is 19.2. The van der Waals surface area contributed by atoms with Crippen molar-refractivity contribution in [2.45, 2.75) is 13.3 Å². The molecule has 1 aromatic heterocycles. The predicted octanol–water partition coefficient (Wildman–Crippen LogP) is 4.29. The van der Waals surface area contributed by atoms with Gasteiger partial charge in [0.1, 0.15) is 5.82 Å². The van der Waals surface area contributed by atoms with Gasteiger partial charge in [0.2, 0.25) is 0 Å². The number of nitrogens with one attached hydrogen (secondary N) is 2. The van der Waals surface area contributed by atoms with Crippen LogP contribution < -0.4 is 10.6 Å². The number of nitrogens with zero attached hydrogens (tertiary/aromatic N) is 1. The van der Waals surface area contributed by atoms with Crippen LogP contribution >= 0.6 is 0 Å². The number of hydrogen-bond acceptors (Lipinski definition) is 3. The molecule has 0 spiro atoms. The highest BCUT2D eigenvalue weighted by Crippen LogP contribution is 2.14. The van der Waals surface area contributed by atoms with Crippen molar-refractivity contribution in [3.8, 4) is 0 Å². The molecule has 0 fully saturated rings. The zero-order valence-electron chi connectivity index (χ0n) is 14.7. The molecule has 3 aromatic rings. The molecule has 2 N–H and O–H groups in total. The van der Waals surface area contributed by atoms with Gasteiger partial charge in [-0.2, -0.15) is 0 Å². The van der Waals surface area contributed by atoms with Crippen molar-refractivity contribution in [1.82, 2.24) is 4.98 Å². The quantitative estimate of drug-likeness (QED) is 0.710. The van der Waals surface area contributed by atoms with E-state index in [1.807, 2.05) is 24.3 Å². The first-order chi connectivity index (χ1) is 13.0. The number of aryl methyl sites for hydroxylation is 1. The van der Waals surface area contributed by atoms with E-state index in [1.165, 1.54) is 42.2 Å². The summed E-state index contributed by atoms with van der Waals surface area (Å²) in [6, 6.07) is 14.5. The third kappa shape index (κ3) is 4.76. The van der Waals surface area contributed by atoms with E-state index in [0.717, 1.165) is 6.42 Å². The Morgan fingerprint density at radius 1 is 0.889 bits per heavy atom. The summed E-state index contributed by atoms with van der Waals surface area (Å²) >= 11 is 0. The van der Waals surface area contributed by atoms with Crippen LogP contribution in [0.25, 0.3) is 0 Å². The molecule has 0 unspecified atom stereocenters. The number of carbonyl (C=O) groups is 2. The Bertz CT molecular complexity index is 971. The maximum Gasteiger partial charge on any atom is 0.257 e. The van der Waals surface area contributed by atoms with E-state index < -0.39 is 11.7 Å². The maximum absolute atomic E-state index is 13.2. The van der Waals surface area contributed by atoms with Gasteiger partial charge < -0.3 is 10.6 Å². The number of carbonyl (C=O) groups excluding carboxylic acids is 2. The van der Waals surface area contributed by atoms with Crippen molar-refractivity contribution >= 4 is 23.2 Å². The Morgan fingerprint density at radius 2 is 1.52 bits per heavy atom. The lowest BCUT2D eigenvalue weighted by Crippen LogP contribution is -2.16. The topological polar surface area (TPSA) is 71.1 Å². The molecular weight excluding hydrogens is 345 g/mol. The Hall–Kier alpha value is -3.54. The number of halogens is 1. The van der Waals surface area contributed by atoms with Gasteiger partial charge in [0.05, 0.1) is 11.1 Å². The summed E-state index contributed by atoms with van der Waals surface area (Å²) in [4.78, 5) is 28.7. The summed E-state index contributed by atoms with van der Waals surface area (Å²) in [5.74, 6) is -1.30. The molecule has 0 bridgehead atoms. The molecule has 0 saturated carbocycles. The van der Waals surface area contributed by atoms with E-state index in [4.69, 9.17) is 0 Å². The molecule has 3 rings (SSSR count). The van der Waals surface area contributed by atoms with Crippen LogP contribution in [0.15, 0.2) is 67.0 Å². The minimum absolute atomic E-state index is 0.202. The molecule has 0 saturated heterocycles. The molecule has 27 heavy (non-hydrogen) atoms. The van der Waals surface area contributed by atoms with Gasteiger partial charge in [0.15, 0.2) is 0 Å². The monoisotopic (exact) mass is 363 g/mol. The van der Waals surface area contributed by atoms with E-state index in [2.05, 4.69) is 22.5 Å². The van der Waals surface area contributed by atoms with Crippen LogP contribution in [0.5, 0.6) is 0 Å². The first-order valence-electron chi connectivity index (χ1n) is 8.47. The summed E-state index contributed by atoms with van der Waals surface area (Å²) in [6.07, 6.45) is 3.65. The van der Waals surface area contributed by atoms with Crippen molar-refractivity contribution in [1.29, 1.82) is 0 Å². The van der Waals surface area contributed by atoms with Crippen molar-refractivity contribution in [2.75, 3.05) is 10.6 Å². The minimum Gasteiger partial charge on any atom is -0.322 e. The maximum atomic E-state index is 13.2. The zero-order valence-corrected chi connectivity index (χ0v) is 14.7. The predicted molar refractivity (Wildman–Crippen MR) is 102 cm³/mol. The van der Waals surface area contributed by atoms with Crippen molar-refractivity contribution in [3.63, 3.8) is 0 Å². The van der Waals surface area contributed by atoms with E-state index in [0.29, 0.717) is 11.4 Å². The molecule has 1 heterocycles. The Kier molecular flexibility index (Phi) is 5.56. The van der Waals surface area contributed by atoms with Gasteiger partial charge in [-0.1, -0.05) is 25.1 Å². The Labute approximate surface area is 156 Å². The molecule has 2 amide bonds. The van der Waals surface area contributed by atoms with Crippen LogP contribution in [0.3, 0.4) is 0 Å². The fourth-order valence-corrected chi connectivity index (χ4v) is 2.48. The number of amides is 2. The van der Waals surface area contributed by atoms with Gasteiger partial charge in [-0.05, 0) is 48.4 Å². The lowest BCUT2D eigenvalue weighted by atomic mass is 10.1. The molecule has 6 heteroatoms. The van der Waals surface area contributed by atoms with E-state index in [9.17, 15) is 14.0 Å². The Morgan fingerprint density at radius 3 is 2.11 bits per heavy atom. The average molecular weight is 363 g/mol. The van der Waals surface area contributed by atoms with Crippen molar-refractivity contribution < 1.29 is 14.0 Å². The van der Waals surface area contributed by atoms with Gasteiger partial charge in [-0.3, -0.25) is 14.6 Å². The van der Waals surface area contributed by atoms with Gasteiger partial charge in [0.25, 0.3) is 11.8 Å². The molecule has 5 nitrogen and oxygen atoms in total. The number of pyridine rings is 1. The molecular formula is C21H18FN3O2. The van der Waals surface area contributed by atoms with Crippen LogP contribution in [-0.4, -0.2) is 16.8 Å². The fraction of sp³-hybridized carbons (Fsp3) is 0.0952. The number of aromatic nitrogens is 1. The van der Waals surface area contributed by atoms with Crippen molar-refractivity contribution in [3.05, 3.63) is 89.5 Å². The molecule has 0 aliphatic rings. The molecule has 0 aliphatic heterocycles. The second kappa shape index (κ2) is 8.23. The minimum atomic E-state index is -0.477. The number of rotatable bonds is 5. The van der Waals surface area contributed by atoms with Crippen LogP contribution in [-0.2, 0) is 6.42 Å². The first-order valence-corrected chi connectivity index (χ1v) is 8.47. The molecule has 0 radical (unpaired) electrons. The van der Waals surface area contributed by atoms with Crippen LogP contribution in [0.2, 0.25) is 0 Å².